The number of sulfonamides is 1. The molecule has 22 heavy (non-hydrogen) atoms. The molecule has 1 heterocycles. The van der Waals surface area contributed by atoms with E-state index in [2.05, 4.69) is 41.4 Å². The molecule has 8 heteroatoms. The van der Waals surface area contributed by atoms with Crippen LogP contribution < -0.4 is 4.72 Å². The van der Waals surface area contributed by atoms with Crippen LogP contribution in [0.25, 0.3) is 0 Å². The van der Waals surface area contributed by atoms with Gasteiger partial charge in [-0.2, -0.15) is 0 Å². The minimum absolute atomic E-state index is 0.00459. The zero-order valence-corrected chi connectivity index (χ0v) is 16.8. The van der Waals surface area contributed by atoms with E-state index in [4.69, 9.17) is 23.2 Å². The lowest BCUT2D eigenvalue weighted by Gasteiger charge is -2.19. The minimum Gasteiger partial charge on any atom is -0.280 e. The van der Waals surface area contributed by atoms with Gasteiger partial charge in [-0.3, -0.25) is 4.72 Å². The molecular formula is C14H14BrCl2NO2S2. The van der Waals surface area contributed by atoms with Crippen LogP contribution in [0.4, 0.5) is 5.69 Å². The molecule has 0 aliphatic carbocycles. The summed E-state index contributed by atoms with van der Waals surface area (Å²) in [5, 5.41) is 0. The van der Waals surface area contributed by atoms with Crippen molar-refractivity contribution in [1.82, 2.24) is 0 Å². The quantitative estimate of drug-likeness (QED) is 0.641. The fraction of sp³-hybridized carbons (Fsp3) is 0.286. The van der Waals surface area contributed by atoms with E-state index >= 15 is 0 Å². The van der Waals surface area contributed by atoms with Crippen LogP contribution in [0.3, 0.4) is 0 Å². The smallest absolute Gasteiger partial charge is 0.265 e. The lowest BCUT2D eigenvalue weighted by atomic mass is 9.87. The van der Waals surface area contributed by atoms with E-state index in [0.29, 0.717) is 10.0 Å². The van der Waals surface area contributed by atoms with E-state index in [1.807, 2.05) is 12.1 Å². The summed E-state index contributed by atoms with van der Waals surface area (Å²) in [4.78, 5) is -0.0379. The third-order valence-corrected chi connectivity index (χ3v) is 7.85. The second-order valence-electron chi connectivity index (χ2n) is 5.73. The molecule has 1 aromatic carbocycles. The molecule has 0 fully saturated rings. The highest BCUT2D eigenvalue weighted by molar-refractivity contribution is 9.10. The van der Waals surface area contributed by atoms with Gasteiger partial charge >= 0.3 is 0 Å². The summed E-state index contributed by atoms with van der Waals surface area (Å²) >= 11 is 16.0. The van der Waals surface area contributed by atoms with Crippen molar-refractivity contribution in [2.75, 3.05) is 4.72 Å². The monoisotopic (exact) mass is 441 g/mol. The van der Waals surface area contributed by atoms with Crippen molar-refractivity contribution >= 4 is 66.2 Å². The normalized spacial score (nSPS) is 12.5. The number of rotatable bonds is 3. The molecule has 0 aliphatic heterocycles. The van der Waals surface area contributed by atoms with Gasteiger partial charge in [0.05, 0.1) is 4.47 Å². The molecule has 0 saturated heterocycles. The number of nitrogens with one attached hydrogen (secondary N) is 1. The zero-order valence-electron chi connectivity index (χ0n) is 12.1. The van der Waals surface area contributed by atoms with Crippen molar-refractivity contribution in [2.45, 2.75) is 31.1 Å². The number of anilines is 1. The highest BCUT2D eigenvalue weighted by Crippen LogP contribution is 2.43. The number of hydrogen-bond acceptors (Lipinski definition) is 3. The topological polar surface area (TPSA) is 46.2 Å². The van der Waals surface area contributed by atoms with E-state index < -0.39 is 10.0 Å². The standard InChI is InChI=1S/C14H14BrCl2NO2S2/c1-14(2,3)8-4-6-9(7-5-8)18-22(19,20)11-10(15)12(16)21-13(11)17/h4-7,18H,1-3H3. The van der Waals surface area contributed by atoms with Crippen molar-refractivity contribution < 1.29 is 8.42 Å². The largest absolute Gasteiger partial charge is 0.280 e. The van der Waals surface area contributed by atoms with E-state index in [1.54, 1.807) is 12.1 Å². The average Bonchev–Trinajstić information content (AvgIpc) is 2.62. The van der Waals surface area contributed by atoms with Gasteiger partial charge in [-0.25, -0.2) is 8.42 Å². The average molecular weight is 443 g/mol. The Hall–Kier alpha value is -0.270. The molecule has 0 spiro atoms. The van der Waals surface area contributed by atoms with Gasteiger partial charge in [0.2, 0.25) is 0 Å². The van der Waals surface area contributed by atoms with E-state index in [1.165, 1.54) is 0 Å². The Morgan fingerprint density at radius 3 is 2.05 bits per heavy atom. The van der Waals surface area contributed by atoms with Crippen LogP contribution in [0, 0.1) is 0 Å². The van der Waals surface area contributed by atoms with Crippen LogP contribution >= 0.6 is 50.5 Å². The van der Waals surface area contributed by atoms with E-state index in [9.17, 15) is 8.42 Å². The van der Waals surface area contributed by atoms with Crippen LogP contribution in [0.5, 0.6) is 0 Å². The third-order valence-electron chi connectivity index (χ3n) is 3.00. The van der Waals surface area contributed by atoms with Crippen LogP contribution in [-0.4, -0.2) is 8.42 Å². The molecule has 0 aliphatic rings. The van der Waals surface area contributed by atoms with Gasteiger partial charge in [0.25, 0.3) is 10.0 Å². The second kappa shape index (κ2) is 6.32. The number of halogens is 3. The molecule has 0 atom stereocenters. The summed E-state index contributed by atoms with van der Waals surface area (Å²) in [6, 6.07) is 7.26. The fourth-order valence-corrected chi connectivity index (χ4v) is 6.43. The first-order chi connectivity index (χ1) is 10.0. The van der Waals surface area contributed by atoms with Crippen molar-refractivity contribution in [2.24, 2.45) is 0 Å². The Labute approximate surface area is 152 Å². The maximum atomic E-state index is 12.5. The van der Waals surface area contributed by atoms with Crippen LogP contribution in [0.1, 0.15) is 26.3 Å². The second-order valence-corrected chi connectivity index (χ2v) is 10.4. The van der Waals surface area contributed by atoms with Gasteiger partial charge in [0, 0.05) is 5.69 Å². The Morgan fingerprint density at radius 1 is 1.09 bits per heavy atom. The fourth-order valence-electron chi connectivity index (χ4n) is 1.81. The predicted molar refractivity (Wildman–Crippen MR) is 98.0 cm³/mol. The molecule has 0 amide bonds. The highest BCUT2D eigenvalue weighted by atomic mass is 79.9. The molecule has 2 rings (SSSR count). The highest BCUT2D eigenvalue weighted by Gasteiger charge is 2.26. The van der Waals surface area contributed by atoms with Gasteiger partial charge in [0.15, 0.2) is 0 Å². The van der Waals surface area contributed by atoms with Gasteiger partial charge in [-0.1, -0.05) is 56.1 Å². The van der Waals surface area contributed by atoms with Crippen molar-refractivity contribution in [3.05, 3.63) is 43.0 Å². The number of hydrogen-bond donors (Lipinski definition) is 1. The van der Waals surface area contributed by atoms with Gasteiger partial charge in [-0.05, 0) is 39.0 Å². The van der Waals surface area contributed by atoms with Crippen molar-refractivity contribution in [3.8, 4) is 0 Å². The summed E-state index contributed by atoms with van der Waals surface area (Å²) in [6.07, 6.45) is 0. The lowest BCUT2D eigenvalue weighted by molar-refractivity contribution is 0.590. The molecule has 0 radical (unpaired) electrons. The molecule has 0 bridgehead atoms. The zero-order chi connectivity index (χ0) is 16.7. The summed E-state index contributed by atoms with van der Waals surface area (Å²) in [5.74, 6) is 0. The first-order valence-corrected chi connectivity index (χ1v) is 10.1. The van der Waals surface area contributed by atoms with Crippen molar-refractivity contribution in [3.63, 3.8) is 0 Å². The van der Waals surface area contributed by atoms with Crippen LogP contribution in [-0.2, 0) is 15.4 Å². The number of benzene rings is 1. The summed E-state index contributed by atoms with van der Waals surface area (Å²) in [6.45, 7) is 6.28. The molecular weight excluding hydrogens is 429 g/mol. The maximum absolute atomic E-state index is 12.5. The molecule has 3 nitrogen and oxygen atoms in total. The van der Waals surface area contributed by atoms with Gasteiger partial charge in [0.1, 0.15) is 13.6 Å². The molecule has 0 unspecified atom stereocenters. The van der Waals surface area contributed by atoms with Crippen LogP contribution in [0.15, 0.2) is 33.6 Å². The van der Waals surface area contributed by atoms with Crippen molar-refractivity contribution in [1.29, 1.82) is 0 Å². The summed E-state index contributed by atoms with van der Waals surface area (Å²) in [7, 11) is -3.81. The first kappa shape index (κ1) is 18.1. The number of thiophene rings is 1. The Morgan fingerprint density at radius 2 is 1.64 bits per heavy atom. The maximum Gasteiger partial charge on any atom is 0.265 e. The van der Waals surface area contributed by atoms with Gasteiger partial charge in [-0.15, -0.1) is 11.3 Å². The molecule has 1 aromatic heterocycles. The Kier molecular flexibility index (Phi) is 5.19. The third kappa shape index (κ3) is 3.79. The molecule has 120 valence electrons. The first-order valence-electron chi connectivity index (χ1n) is 6.29. The molecule has 1 N–H and O–H groups in total. The van der Waals surface area contributed by atoms with Gasteiger partial charge < -0.3 is 0 Å². The lowest BCUT2D eigenvalue weighted by Crippen LogP contribution is -2.14. The predicted octanol–water partition coefficient (Wildman–Crippen LogP) is 5.92. The van der Waals surface area contributed by atoms with E-state index in [0.717, 1.165) is 16.9 Å². The SMILES string of the molecule is CC(C)(C)c1ccc(NS(=O)(=O)c2c(Cl)sc(Cl)c2Br)cc1. The Bertz CT molecular complexity index is 793. The van der Waals surface area contributed by atoms with E-state index in [-0.39, 0.29) is 19.1 Å². The summed E-state index contributed by atoms with van der Waals surface area (Å²) in [5.41, 5.74) is 1.59. The Balaban J connectivity index is 2.33. The summed E-state index contributed by atoms with van der Waals surface area (Å²) < 4.78 is 28.1. The molecule has 2 aromatic rings. The molecule has 0 saturated carbocycles. The van der Waals surface area contributed by atoms with Crippen LogP contribution in [0.2, 0.25) is 8.67 Å². The minimum atomic E-state index is -3.81.